The molecular weight excluding hydrogens is 478 g/mol. The molecule has 0 spiro atoms. The van der Waals surface area contributed by atoms with Crippen molar-refractivity contribution in [2.45, 2.75) is 148 Å². The molecular formula is C32H61NO3S. The number of hydrogen-bond acceptors (Lipinski definition) is 3. The van der Waals surface area contributed by atoms with Crippen LogP contribution in [0, 0.1) is 0 Å². The van der Waals surface area contributed by atoms with Crippen LogP contribution < -0.4 is 0 Å². The molecule has 0 radical (unpaired) electrons. The van der Waals surface area contributed by atoms with Crippen molar-refractivity contribution in [3.8, 4) is 0 Å². The molecule has 0 unspecified atom stereocenters. The molecule has 0 aliphatic carbocycles. The van der Waals surface area contributed by atoms with Gasteiger partial charge in [0, 0.05) is 0 Å². The molecule has 0 aromatic heterocycles. The lowest BCUT2D eigenvalue weighted by Crippen LogP contribution is -2.50. The van der Waals surface area contributed by atoms with Crippen LogP contribution in [-0.2, 0) is 10.1 Å². The summed E-state index contributed by atoms with van der Waals surface area (Å²) in [4.78, 5) is -0.185. The highest BCUT2D eigenvalue weighted by molar-refractivity contribution is 7.85. The summed E-state index contributed by atoms with van der Waals surface area (Å²) in [6.45, 7) is 15.1. The quantitative estimate of drug-likeness (QED) is 0.0790. The van der Waals surface area contributed by atoms with Gasteiger partial charge >= 0.3 is 0 Å². The van der Waals surface area contributed by atoms with E-state index in [0.717, 1.165) is 0 Å². The number of rotatable bonds is 23. The highest BCUT2D eigenvalue weighted by Crippen LogP contribution is 2.18. The van der Waals surface area contributed by atoms with Gasteiger partial charge in [0.1, 0.15) is 10.1 Å². The summed E-state index contributed by atoms with van der Waals surface area (Å²) in [5.41, 5.74) is 0. The van der Waals surface area contributed by atoms with Crippen molar-refractivity contribution in [1.82, 2.24) is 0 Å². The Kier molecular flexibility index (Phi) is 23.6. The van der Waals surface area contributed by atoms with Crippen LogP contribution in [0.3, 0.4) is 0 Å². The molecule has 0 atom stereocenters. The molecule has 0 heterocycles. The lowest BCUT2D eigenvalue weighted by atomic mass is 10.1. The van der Waals surface area contributed by atoms with Crippen molar-refractivity contribution in [2.24, 2.45) is 0 Å². The Balaban J connectivity index is 0.00000107. The maximum Gasteiger partial charge on any atom is 0.124 e. The number of nitrogens with zero attached hydrogens (tertiary/aromatic N) is 1. The molecule has 0 N–H and O–H groups in total. The fraction of sp³-hybridized carbons (Fsp3) is 0.812. The Morgan fingerprint density at radius 3 is 1.14 bits per heavy atom. The van der Waals surface area contributed by atoms with Gasteiger partial charge in [-0.3, -0.25) is 0 Å². The molecule has 0 aliphatic rings. The van der Waals surface area contributed by atoms with Crippen LogP contribution in [0.15, 0.2) is 35.2 Å². The first-order valence-electron chi connectivity index (χ1n) is 15.7. The van der Waals surface area contributed by atoms with E-state index in [2.05, 4.69) is 27.7 Å². The van der Waals surface area contributed by atoms with E-state index in [9.17, 15) is 13.0 Å². The van der Waals surface area contributed by atoms with Crippen LogP contribution in [0.1, 0.15) is 143 Å². The normalized spacial score (nSPS) is 11.8. The second kappa shape index (κ2) is 24.2. The van der Waals surface area contributed by atoms with Crippen LogP contribution >= 0.6 is 0 Å². The molecule has 0 amide bonds. The van der Waals surface area contributed by atoms with Gasteiger partial charge in [0.15, 0.2) is 0 Å². The van der Waals surface area contributed by atoms with Crippen LogP contribution in [0.2, 0.25) is 0 Å². The molecule has 0 saturated carbocycles. The molecule has 1 rings (SSSR count). The Hall–Kier alpha value is -0.910. The van der Waals surface area contributed by atoms with E-state index in [0.29, 0.717) is 0 Å². The summed E-state index contributed by atoms with van der Waals surface area (Å²) < 4.78 is 32.3. The van der Waals surface area contributed by atoms with Crippen LogP contribution in [-0.4, -0.2) is 43.6 Å². The van der Waals surface area contributed by atoms with Crippen molar-refractivity contribution < 1.29 is 17.5 Å². The summed E-state index contributed by atoms with van der Waals surface area (Å²) in [7, 11) is -4.25. The highest BCUT2D eigenvalue weighted by Gasteiger charge is 2.23. The molecule has 0 saturated heterocycles. The number of unbranched alkanes of at least 4 members (excludes halogenated alkanes) is 15. The summed E-state index contributed by atoms with van der Waals surface area (Å²) in [5.74, 6) is 0. The average molecular weight is 540 g/mol. The predicted molar refractivity (Wildman–Crippen MR) is 160 cm³/mol. The monoisotopic (exact) mass is 539 g/mol. The SMILES string of the molecule is CCCCCCCC[N+](CC)(CCCCCCCC)CCCCCCCC.O=S(=O)([O-])c1ccccc1. The summed E-state index contributed by atoms with van der Waals surface area (Å²) in [5, 5.41) is 0. The molecule has 0 aliphatic heterocycles. The van der Waals surface area contributed by atoms with E-state index in [1.807, 2.05) is 0 Å². The minimum atomic E-state index is -4.25. The van der Waals surface area contributed by atoms with Gasteiger partial charge < -0.3 is 9.04 Å². The topological polar surface area (TPSA) is 57.2 Å². The van der Waals surface area contributed by atoms with Crippen molar-refractivity contribution in [3.05, 3.63) is 30.3 Å². The largest absolute Gasteiger partial charge is 0.744 e. The van der Waals surface area contributed by atoms with E-state index in [-0.39, 0.29) is 4.90 Å². The predicted octanol–water partition coefficient (Wildman–Crippen LogP) is 9.50. The van der Waals surface area contributed by atoms with Gasteiger partial charge in [-0.15, -0.1) is 0 Å². The van der Waals surface area contributed by atoms with E-state index in [4.69, 9.17) is 0 Å². The summed E-state index contributed by atoms with van der Waals surface area (Å²) >= 11 is 0. The lowest BCUT2D eigenvalue weighted by molar-refractivity contribution is -0.927. The van der Waals surface area contributed by atoms with Gasteiger partial charge in [0.25, 0.3) is 0 Å². The second-order valence-electron chi connectivity index (χ2n) is 10.9. The van der Waals surface area contributed by atoms with Gasteiger partial charge in [0.05, 0.1) is 31.1 Å². The third-order valence-corrected chi connectivity index (χ3v) is 8.51. The van der Waals surface area contributed by atoms with Gasteiger partial charge in [0.2, 0.25) is 0 Å². The molecule has 37 heavy (non-hydrogen) atoms. The molecule has 4 nitrogen and oxygen atoms in total. The summed E-state index contributed by atoms with van der Waals surface area (Å²) in [6, 6.07) is 7.19. The second-order valence-corrected chi connectivity index (χ2v) is 12.3. The molecule has 5 heteroatoms. The maximum absolute atomic E-state index is 10.3. The minimum Gasteiger partial charge on any atom is -0.744 e. The minimum absolute atomic E-state index is 0.185. The standard InChI is InChI=1S/C26H56N.C6H6O3S/c1-5-9-12-15-18-21-24-27(8-4,25-22-19-16-13-10-6-2)26-23-20-17-14-11-7-3;7-10(8,9)6-4-2-1-3-5-6/h5-26H2,1-4H3;1-5H,(H,7,8,9)/q+1;/p-1. The van der Waals surface area contributed by atoms with Gasteiger partial charge in [-0.1, -0.05) is 116 Å². The first-order valence-corrected chi connectivity index (χ1v) is 17.1. The zero-order valence-electron chi connectivity index (χ0n) is 25.0. The average Bonchev–Trinajstić information content (AvgIpc) is 2.90. The molecule has 218 valence electrons. The van der Waals surface area contributed by atoms with Gasteiger partial charge in [-0.25, -0.2) is 8.42 Å². The Bertz CT molecular complexity index is 665. The van der Waals surface area contributed by atoms with Crippen molar-refractivity contribution in [3.63, 3.8) is 0 Å². The zero-order valence-corrected chi connectivity index (χ0v) is 25.8. The van der Waals surface area contributed by atoms with Crippen molar-refractivity contribution in [2.75, 3.05) is 26.2 Å². The van der Waals surface area contributed by atoms with Gasteiger partial charge in [-0.05, 0) is 57.6 Å². The fourth-order valence-corrected chi connectivity index (χ4v) is 5.57. The van der Waals surface area contributed by atoms with E-state index in [1.54, 1.807) is 6.07 Å². The first-order chi connectivity index (χ1) is 17.8. The smallest absolute Gasteiger partial charge is 0.124 e. The van der Waals surface area contributed by atoms with Crippen LogP contribution in [0.4, 0.5) is 0 Å². The summed E-state index contributed by atoms with van der Waals surface area (Å²) in [6.07, 6.45) is 25.9. The van der Waals surface area contributed by atoms with E-state index >= 15 is 0 Å². The van der Waals surface area contributed by atoms with Crippen LogP contribution in [0.5, 0.6) is 0 Å². The fourth-order valence-electron chi connectivity index (χ4n) is 5.08. The first kappa shape index (κ1) is 36.1. The number of benzene rings is 1. The number of hydrogen-bond donors (Lipinski definition) is 0. The number of quaternary nitrogens is 1. The van der Waals surface area contributed by atoms with E-state index in [1.165, 1.54) is 171 Å². The Morgan fingerprint density at radius 2 is 0.865 bits per heavy atom. The lowest BCUT2D eigenvalue weighted by Gasteiger charge is -2.38. The molecule has 0 fully saturated rings. The van der Waals surface area contributed by atoms with Crippen molar-refractivity contribution >= 4 is 10.1 Å². The zero-order chi connectivity index (χ0) is 27.7. The highest BCUT2D eigenvalue weighted by atomic mass is 32.2. The third-order valence-electron chi connectivity index (χ3n) is 7.66. The maximum atomic E-state index is 10.3. The molecule has 0 bridgehead atoms. The van der Waals surface area contributed by atoms with Gasteiger partial charge in [-0.2, -0.15) is 0 Å². The van der Waals surface area contributed by atoms with Crippen molar-refractivity contribution in [1.29, 1.82) is 0 Å². The third kappa shape index (κ3) is 20.7. The molecule has 1 aromatic carbocycles. The Morgan fingerprint density at radius 1 is 0.541 bits per heavy atom. The van der Waals surface area contributed by atoms with Crippen LogP contribution in [0.25, 0.3) is 0 Å². The van der Waals surface area contributed by atoms with E-state index < -0.39 is 10.1 Å². The molecule has 1 aromatic rings. The Labute approximate surface area is 232 Å².